The number of benzene rings is 1. The zero-order chi connectivity index (χ0) is 18.7. The predicted octanol–water partition coefficient (Wildman–Crippen LogP) is 2.31. The summed E-state index contributed by atoms with van der Waals surface area (Å²) >= 11 is 0. The van der Waals surface area contributed by atoms with Crippen LogP contribution in [-0.2, 0) is 0 Å². The molecule has 1 fully saturated rings. The SMILES string of the molecule is NC(=O)c1cc([N+](=O)[O-])cnc1N1CCC(Nc2ccccc2F)CC1. The van der Waals surface area contributed by atoms with Gasteiger partial charge in [0.2, 0.25) is 0 Å². The molecule has 1 amide bonds. The Hall–Kier alpha value is -3.23. The van der Waals surface area contributed by atoms with Gasteiger partial charge in [-0.05, 0) is 25.0 Å². The number of aromatic nitrogens is 1. The zero-order valence-corrected chi connectivity index (χ0v) is 13.9. The summed E-state index contributed by atoms with van der Waals surface area (Å²) < 4.78 is 13.7. The predicted molar refractivity (Wildman–Crippen MR) is 94.7 cm³/mol. The number of amides is 1. The van der Waals surface area contributed by atoms with Crippen molar-refractivity contribution in [3.63, 3.8) is 0 Å². The molecular formula is C17H18FN5O3. The highest BCUT2D eigenvalue weighted by molar-refractivity contribution is 5.98. The quantitative estimate of drug-likeness (QED) is 0.625. The van der Waals surface area contributed by atoms with Crippen LogP contribution in [0.4, 0.5) is 21.6 Å². The molecule has 0 radical (unpaired) electrons. The molecule has 0 aliphatic carbocycles. The molecule has 3 rings (SSSR count). The Morgan fingerprint density at radius 1 is 1.35 bits per heavy atom. The van der Waals surface area contributed by atoms with E-state index in [1.165, 1.54) is 6.07 Å². The first-order valence-electron chi connectivity index (χ1n) is 8.16. The average Bonchev–Trinajstić information content (AvgIpc) is 2.63. The molecule has 3 N–H and O–H groups in total. The van der Waals surface area contributed by atoms with E-state index in [4.69, 9.17) is 5.73 Å². The summed E-state index contributed by atoms with van der Waals surface area (Å²) in [6, 6.07) is 7.71. The van der Waals surface area contributed by atoms with Crippen LogP contribution < -0.4 is 16.0 Å². The van der Waals surface area contributed by atoms with Gasteiger partial charge in [-0.2, -0.15) is 0 Å². The number of pyridine rings is 1. The van der Waals surface area contributed by atoms with Crippen molar-refractivity contribution in [1.29, 1.82) is 0 Å². The lowest BCUT2D eigenvalue weighted by molar-refractivity contribution is -0.385. The Labute approximate surface area is 149 Å². The summed E-state index contributed by atoms with van der Waals surface area (Å²) in [5, 5.41) is 14.0. The number of halogens is 1. The van der Waals surface area contributed by atoms with Crippen molar-refractivity contribution in [3.05, 3.63) is 58.0 Å². The van der Waals surface area contributed by atoms with E-state index in [2.05, 4.69) is 10.3 Å². The third-order valence-electron chi connectivity index (χ3n) is 4.36. The van der Waals surface area contributed by atoms with Crippen LogP contribution >= 0.6 is 0 Å². The van der Waals surface area contributed by atoms with Crippen molar-refractivity contribution in [1.82, 2.24) is 4.98 Å². The molecule has 2 heterocycles. The Morgan fingerprint density at radius 2 is 2.04 bits per heavy atom. The number of nitrogens with zero attached hydrogens (tertiary/aromatic N) is 3. The Bertz CT molecular complexity index is 837. The lowest BCUT2D eigenvalue weighted by atomic mass is 10.0. The van der Waals surface area contributed by atoms with E-state index >= 15 is 0 Å². The van der Waals surface area contributed by atoms with Crippen molar-refractivity contribution < 1.29 is 14.1 Å². The van der Waals surface area contributed by atoms with Crippen LogP contribution in [0.15, 0.2) is 36.5 Å². The van der Waals surface area contributed by atoms with Gasteiger partial charge >= 0.3 is 0 Å². The summed E-state index contributed by atoms with van der Waals surface area (Å²) in [6.45, 7) is 1.13. The van der Waals surface area contributed by atoms with Crippen LogP contribution in [0.5, 0.6) is 0 Å². The van der Waals surface area contributed by atoms with E-state index in [1.54, 1.807) is 18.2 Å². The number of nitrogens with two attached hydrogens (primary N) is 1. The fourth-order valence-corrected chi connectivity index (χ4v) is 3.01. The maximum absolute atomic E-state index is 13.7. The molecule has 0 spiro atoms. The molecule has 2 aromatic rings. The number of rotatable bonds is 5. The van der Waals surface area contributed by atoms with Gasteiger partial charge in [-0.25, -0.2) is 9.37 Å². The van der Waals surface area contributed by atoms with Crippen molar-refractivity contribution in [2.24, 2.45) is 5.73 Å². The molecule has 26 heavy (non-hydrogen) atoms. The Balaban J connectivity index is 1.71. The number of hydrogen-bond donors (Lipinski definition) is 2. The number of anilines is 2. The van der Waals surface area contributed by atoms with E-state index in [1.807, 2.05) is 4.90 Å². The normalized spacial score (nSPS) is 14.9. The summed E-state index contributed by atoms with van der Waals surface area (Å²) in [6.07, 6.45) is 2.52. The van der Waals surface area contributed by atoms with Crippen molar-refractivity contribution in [2.45, 2.75) is 18.9 Å². The number of nitrogens with one attached hydrogen (secondary N) is 1. The molecule has 1 aromatic heterocycles. The lowest BCUT2D eigenvalue weighted by Crippen LogP contribution is -2.40. The molecule has 1 aromatic carbocycles. The summed E-state index contributed by atoms with van der Waals surface area (Å²) in [5.74, 6) is -0.724. The van der Waals surface area contributed by atoms with Crippen LogP contribution in [-0.4, -0.2) is 34.9 Å². The molecule has 8 nitrogen and oxygen atoms in total. The number of hydrogen-bond acceptors (Lipinski definition) is 6. The van der Waals surface area contributed by atoms with Gasteiger partial charge in [0.25, 0.3) is 11.6 Å². The van der Waals surface area contributed by atoms with Crippen molar-refractivity contribution >= 4 is 23.1 Å². The Kier molecular flexibility index (Phi) is 4.97. The van der Waals surface area contributed by atoms with Gasteiger partial charge in [0.1, 0.15) is 17.8 Å². The number of carbonyl (C=O) groups excluding carboxylic acids is 1. The van der Waals surface area contributed by atoms with Gasteiger partial charge in [0.05, 0.1) is 16.2 Å². The monoisotopic (exact) mass is 359 g/mol. The first-order chi connectivity index (χ1) is 12.5. The minimum absolute atomic E-state index is 0.0275. The van der Waals surface area contributed by atoms with Gasteiger partial charge in [-0.1, -0.05) is 12.1 Å². The van der Waals surface area contributed by atoms with Crippen LogP contribution in [0.25, 0.3) is 0 Å². The van der Waals surface area contributed by atoms with E-state index in [0.717, 1.165) is 12.3 Å². The third kappa shape index (κ3) is 3.71. The number of nitro groups is 1. The number of piperidine rings is 1. The Morgan fingerprint density at radius 3 is 2.65 bits per heavy atom. The molecule has 136 valence electrons. The number of carbonyl (C=O) groups is 1. The largest absolute Gasteiger partial charge is 0.380 e. The molecule has 0 unspecified atom stereocenters. The highest BCUT2D eigenvalue weighted by atomic mass is 19.1. The van der Waals surface area contributed by atoms with Crippen LogP contribution in [0.1, 0.15) is 23.2 Å². The van der Waals surface area contributed by atoms with Gasteiger partial charge in [-0.15, -0.1) is 0 Å². The number of primary amides is 1. The maximum Gasteiger partial charge on any atom is 0.288 e. The summed E-state index contributed by atoms with van der Waals surface area (Å²) in [4.78, 5) is 27.8. The zero-order valence-electron chi connectivity index (χ0n) is 13.9. The second-order valence-electron chi connectivity index (χ2n) is 6.07. The standard InChI is InChI=1S/C17H18FN5O3/c18-14-3-1-2-4-15(14)21-11-5-7-22(8-6-11)17-13(16(19)24)9-12(10-20-17)23(25)26/h1-4,9-11,21H,5-8H2,(H2,19,24). The fraction of sp³-hybridized carbons (Fsp3) is 0.294. The van der Waals surface area contributed by atoms with E-state index < -0.39 is 10.8 Å². The van der Waals surface area contributed by atoms with Gasteiger partial charge in [0, 0.05) is 25.2 Å². The van der Waals surface area contributed by atoms with E-state index in [0.29, 0.717) is 37.4 Å². The molecule has 0 bridgehead atoms. The molecule has 1 aliphatic rings. The summed E-state index contributed by atoms with van der Waals surface area (Å²) in [5.41, 5.74) is 5.56. The highest BCUT2D eigenvalue weighted by Crippen LogP contribution is 2.26. The van der Waals surface area contributed by atoms with Crippen LogP contribution in [0.3, 0.4) is 0 Å². The molecule has 1 aliphatic heterocycles. The topological polar surface area (TPSA) is 114 Å². The molecule has 0 saturated carbocycles. The fourth-order valence-electron chi connectivity index (χ4n) is 3.01. The van der Waals surface area contributed by atoms with Gasteiger partial charge in [-0.3, -0.25) is 14.9 Å². The lowest BCUT2D eigenvalue weighted by Gasteiger charge is -2.34. The minimum atomic E-state index is -0.761. The first-order valence-corrected chi connectivity index (χ1v) is 8.16. The summed E-state index contributed by atoms with van der Waals surface area (Å²) in [7, 11) is 0. The molecule has 1 saturated heterocycles. The smallest absolute Gasteiger partial charge is 0.288 e. The minimum Gasteiger partial charge on any atom is -0.380 e. The molecule has 9 heteroatoms. The maximum atomic E-state index is 13.7. The van der Waals surface area contributed by atoms with E-state index in [9.17, 15) is 19.3 Å². The highest BCUT2D eigenvalue weighted by Gasteiger charge is 2.25. The van der Waals surface area contributed by atoms with Gasteiger partial charge < -0.3 is 16.0 Å². The third-order valence-corrected chi connectivity index (χ3v) is 4.36. The van der Waals surface area contributed by atoms with Crippen molar-refractivity contribution in [2.75, 3.05) is 23.3 Å². The second kappa shape index (κ2) is 7.34. The van der Waals surface area contributed by atoms with Crippen molar-refractivity contribution in [3.8, 4) is 0 Å². The van der Waals surface area contributed by atoms with Crippen LogP contribution in [0, 0.1) is 15.9 Å². The van der Waals surface area contributed by atoms with E-state index in [-0.39, 0.29) is 23.1 Å². The average molecular weight is 359 g/mol. The van der Waals surface area contributed by atoms with Crippen LogP contribution in [0.2, 0.25) is 0 Å². The number of para-hydroxylation sites is 1. The molecule has 0 atom stereocenters. The van der Waals surface area contributed by atoms with Gasteiger partial charge in [0.15, 0.2) is 0 Å². The second-order valence-corrected chi connectivity index (χ2v) is 6.07. The first kappa shape index (κ1) is 17.6. The molecular weight excluding hydrogens is 341 g/mol.